The number of hydrogen-bond acceptors (Lipinski definition) is 2. The molecule has 2 atom stereocenters. The van der Waals surface area contributed by atoms with Crippen LogP contribution in [0.5, 0.6) is 0 Å². The quantitative estimate of drug-likeness (QED) is 0.887. The molecule has 104 valence electrons. The molecule has 0 bridgehead atoms. The predicted molar refractivity (Wildman–Crippen MR) is 75.4 cm³/mol. The van der Waals surface area contributed by atoms with Crippen LogP contribution in [0.15, 0.2) is 24.3 Å². The molecule has 0 aromatic heterocycles. The van der Waals surface area contributed by atoms with Gasteiger partial charge in [0.15, 0.2) is 0 Å². The van der Waals surface area contributed by atoms with Crippen molar-refractivity contribution in [2.24, 2.45) is 5.92 Å². The van der Waals surface area contributed by atoms with Crippen LogP contribution >= 0.6 is 0 Å². The molecule has 1 aliphatic heterocycles. The zero-order valence-corrected chi connectivity index (χ0v) is 11.6. The number of carbonyl (C=O) groups excluding carboxylic acids is 2. The normalized spacial score (nSPS) is 31.1. The highest BCUT2D eigenvalue weighted by molar-refractivity contribution is 6.13. The van der Waals surface area contributed by atoms with Gasteiger partial charge in [-0.2, -0.15) is 0 Å². The van der Waals surface area contributed by atoms with E-state index < -0.39 is 5.41 Å². The Morgan fingerprint density at radius 2 is 2.10 bits per heavy atom. The summed E-state index contributed by atoms with van der Waals surface area (Å²) in [6, 6.07) is 8.18. The lowest BCUT2D eigenvalue weighted by Gasteiger charge is -2.26. The Morgan fingerprint density at radius 1 is 1.35 bits per heavy atom. The van der Waals surface area contributed by atoms with Gasteiger partial charge in [0.05, 0.1) is 11.3 Å². The van der Waals surface area contributed by atoms with E-state index in [-0.39, 0.29) is 17.7 Å². The van der Waals surface area contributed by atoms with Crippen LogP contribution in [0.4, 0.5) is 5.69 Å². The Hall–Kier alpha value is -1.84. The fourth-order valence-electron chi connectivity index (χ4n) is 3.64. The molecule has 0 saturated heterocycles. The number of benzene rings is 1. The van der Waals surface area contributed by atoms with Crippen LogP contribution in [0.1, 0.15) is 31.2 Å². The minimum Gasteiger partial charge on any atom is -0.353 e. The molecule has 1 aromatic rings. The van der Waals surface area contributed by atoms with Crippen molar-refractivity contribution >= 4 is 17.5 Å². The summed E-state index contributed by atoms with van der Waals surface area (Å²) in [6.45, 7) is 0. The van der Waals surface area contributed by atoms with Crippen molar-refractivity contribution in [2.75, 3.05) is 11.9 Å². The summed E-state index contributed by atoms with van der Waals surface area (Å²) < 4.78 is 0. The molecular formula is C16H18N2O2. The zero-order valence-electron chi connectivity index (χ0n) is 11.6. The van der Waals surface area contributed by atoms with Crippen LogP contribution in [0, 0.1) is 5.92 Å². The first-order chi connectivity index (χ1) is 9.64. The van der Waals surface area contributed by atoms with Crippen LogP contribution in [-0.4, -0.2) is 24.9 Å². The minimum atomic E-state index is -0.570. The molecule has 1 heterocycles. The molecular weight excluding hydrogens is 252 g/mol. The molecule has 2 fully saturated rings. The fourth-order valence-corrected chi connectivity index (χ4v) is 3.64. The number of hydrogen-bond donors (Lipinski definition) is 1. The molecule has 1 aromatic carbocycles. The molecule has 0 radical (unpaired) electrons. The van der Waals surface area contributed by atoms with E-state index in [1.54, 1.807) is 11.9 Å². The average Bonchev–Trinajstić information content (AvgIpc) is 3.13. The van der Waals surface area contributed by atoms with Gasteiger partial charge in [0.1, 0.15) is 0 Å². The predicted octanol–water partition coefficient (Wildman–Crippen LogP) is 1.59. The Kier molecular flexibility index (Phi) is 2.29. The number of carbonyl (C=O) groups is 2. The summed E-state index contributed by atoms with van der Waals surface area (Å²) >= 11 is 0. The van der Waals surface area contributed by atoms with Gasteiger partial charge in [0.2, 0.25) is 11.8 Å². The summed E-state index contributed by atoms with van der Waals surface area (Å²) in [7, 11) is 1.80. The summed E-state index contributed by atoms with van der Waals surface area (Å²) in [4.78, 5) is 26.6. The number of anilines is 1. The fraction of sp³-hybridized carbons (Fsp3) is 0.500. The Morgan fingerprint density at radius 3 is 2.80 bits per heavy atom. The zero-order chi connectivity index (χ0) is 13.9. The number of likely N-dealkylation sites (N-methyl/N-ethyl adjacent to an activating group) is 1. The first-order valence-electron chi connectivity index (χ1n) is 7.32. The van der Waals surface area contributed by atoms with Crippen molar-refractivity contribution in [1.29, 1.82) is 0 Å². The van der Waals surface area contributed by atoms with Gasteiger partial charge in [-0.15, -0.1) is 0 Å². The third-order valence-corrected chi connectivity index (χ3v) is 5.16. The molecule has 4 rings (SSSR count). The van der Waals surface area contributed by atoms with E-state index in [0.29, 0.717) is 12.5 Å². The highest BCUT2D eigenvalue weighted by Crippen LogP contribution is 2.61. The van der Waals surface area contributed by atoms with Gasteiger partial charge < -0.3 is 10.2 Å². The van der Waals surface area contributed by atoms with Gasteiger partial charge in [-0.3, -0.25) is 9.59 Å². The topological polar surface area (TPSA) is 49.4 Å². The second-order valence-corrected chi connectivity index (χ2v) is 6.25. The maximum absolute atomic E-state index is 12.6. The van der Waals surface area contributed by atoms with Crippen LogP contribution in [-0.2, 0) is 15.0 Å². The first-order valence-corrected chi connectivity index (χ1v) is 7.32. The smallest absolute Gasteiger partial charge is 0.238 e. The molecule has 4 heteroatoms. The third-order valence-electron chi connectivity index (χ3n) is 5.16. The SMILES string of the molecule is CN1C(=O)[C@]2(C[C@@H]2C(=O)NC2CCC2)c2ccccc21. The standard InChI is InChI=1S/C16H18N2O2/c1-18-13-8-3-2-7-11(13)16(15(18)20)9-12(16)14(19)17-10-5-4-6-10/h2-3,7-8,10,12H,4-6,9H2,1H3,(H,17,19)/t12-,16-/m1/s1. The summed E-state index contributed by atoms with van der Waals surface area (Å²) in [5.74, 6) is -0.0395. The van der Waals surface area contributed by atoms with Gasteiger partial charge in [0, 0.05) is 18.8 Å². The van der Waals surface area contributed by atoms with Crippen LogP contribution < -0.4 is 10.2 Å². The Bertz CT molecular complexity index is 608. The van der Waals surface area contributed by atoms with Crippen molar-refractivity contribution in [3.63, 3.8) is 0 Å². The van der Waals surface area contributed by atoms with Gasteiger partial charge in [-0.1, -0.05) is 18.2 Å². The molecule has 3 aliphatic rings. The number of fused-ring (bicyclic) bond motifs is 2. The lowest BCUT2D eigenvalue weighted by atomic mass is 9.91. The molecule has 1 N–H and O–H groups in total. The Balaban J connectivity index is 1.63. The number of nitrogens with zero attached hydrogens (tertiary/aromatic N) is 1. The largest absolute Gasteiger partial charge is 0.353 e. The molecule has 1 spiro atoms. The maximum Gasteiger partial charge on any atom is 0.238 e. The second-order valence-electron chi connectivity index (χ2n) is 6.25. The van der Waals surface area contributed by atoms with E-state index in [1.165, 1.54) is 6.42 Å². The van der Waals surface area contributed by atoms with Crippen LogP contribution in [0.25, 0.3) is 0 Å². The summed E-state index contributed by atoms with van der Waals surface area (Å²) in [6.07, 6.45) is 4.02. The van der Waals surface area contributed by atoms with Crippen LogP contribution in [0.3, 0.4) is 0 Å². The molecule has 20 heavy (non-hydrogen) atoms. The van der Waals surface area contributed by atoms with E-state index in [2.05, 4.69) is 5.32 Å². The lowest BCUT2D eigenvalue weighted by molar-refractivity contribution is -0.127. The van der Waals surface area contributed by atoms with E-state index in [1.807, 2.05) is 24.3 Å². The average molecular weight is 270 g/mol. The highest BCUT2D eigenvalue weighted by Gasteiger charge is 2.69. The molecule has 2 saturated carbocycles. The molecule has 0 unspecified atom stereocenters. The van der Waals surface area contributed by atoms with Gasteiger partial charge >= 0.3 is 0 Å². The lowest BCUT2D eigenvalue weighted by Crippen LogP contribution is -2.42. The second kappa shape index (κ2) is 3.84. The summed E-state index contributed by atoms with van der Waals surface area (Å²) in [5.41, 5.74) is 1.41. The van der Waals surface area contributed by atoms with Gasteiger partial charge in [0.25, 0.3) is 0 Å². The van der Waals surface area contributed by atoms with E-state index in [9.17, 15) is 9.59 Å². The number of amides is 2. The number of para-hydroxylation sites is 1. The van der Waals surface area contributed by atoms with Crippen molar-refractivity contribution < 1.29 is 9.59 Å². The monoisotopic (exact) mass is 270 g/mol. The van der Waals surface area contributed by atoms with E-state index in [4.69, 9.17) is 0 Å². The first kappa shape index (κ1) is 11.9. The molecule has 2 amide bonds. The van der Waals surface area contributed by atoms with Gasteiger partial charge in [-0.05, 0) is 37.3 Å². The van der Waals surface area contributed by atoms with Crippen molar-refractivity contribution in [1.82, 2.24) is 5.32 Å². The van der Waals surface area contributed by atoms with Crippen molar-refractivity contribution in [3.8, 4) is 0 Å². The van der Waals surface area contributed by atoms with Crippen molar-refractivity contribution in [3.05, 3.63) is 29.8 Å². The number of rotatable bonds is 2. The number of nitrogens with one attached hydrogen (secondary N) is 1. The Labute approximate surface area is 118 Å². The minimum absolute atomic E-state index is 0.0631. The van der Waals surface area contributed by atoms with Crippen LogP contribution in [0.2, 0.25) is 0 Å². The van der Waals surface area contributed by atoms with Gasteiger partial charge in [-0.25, -0.2) is 0 Å². The third kappa shape index (κ3) is 1.37. The molecule has 4 nitrogen and oxygen atoms in total. The highest BCUT2D eigenvalue weighted by atomic mass is 16.2. The molecule has 2 aliphatic carbocycles. The maximum atomic E-state index is 12.6. The van der Waals surface area contributed by atoms with E-state index >= 15 is 0 Å². The van der Waals surface area contributed by atoms with Crippen molar-refractivity contribution in [2.45, 2.75) is 37.1 Å². The van der Waals surface area contributed by atoms with E-state index in [0.717, 1.165) is 24.1 Å². The summed E-state index contributed by atoms with van der Waals surface area (Å²) in [5, 5.41) is 3.09.